The fraction of sp³-hybridized carbons (Fsp3) is 0.400. The second-order valence-electron chi connectivity index (χ2n) is 5.73. The van der Waals surface area contributed by atoms with Crippen molar-refractivity contribution in [1.29, 1.82) is 0 Å². The van der Waals surface area contributed by atoms with Gasteiger partial charge in [0.1, 0.15) is 12.4 Å². The molecule has 0 radical (unpaired) electrons. The third-order valence-corrected chi connectivity index (χ3v) is 4.35. The molecule has 136 valence electrons. The van der Waals surface area contributed by atoms with Crippen LogP contribution in [0.2, 0.25) is 0 Å². The largest absolute Gasteiger partial charge is 0.347 e. The number of amides is 1. The molecule has 8 nitrogen and oxygen atoms in total. The Labute approximate surface area is 145 Å². The number of sulfonamides is 1. The molecular weight excluding hydrogens is 351 g/mol. The van der Waals surface area contributed by atoms with E-state index in [0.717, 1.165) is 16.6 Å². The quantitative estimate of drug-likeness (QED) is 0.790. The van der Waals surface area contributed by atoms with Crippen molar-refractivity contribution in [3.8, 4) is 0 Å². The van der Waals surface area contributed by atoms with Crippen molar-refractivity contribution in [3.63, 3.8) is 0 Å². The number of halogens is 1. The van der Waals surface area contributed by atoms with Crippen molar-refractivity contribution in [2.24, 2.45) is 0 Å². The topological polar surface area (TPSA) is 105 Å². The van der Waals surface area contributed by atoms with Gasteiger partial charge in [0.15, 0.2) is 5.82 Å². The summed E-state index contributed by atoms with van der Waals surface area (Å²) in [6.45, 7) is 3.28. The minimum absolute atomic E-state index is 0.00416. The van der Waals surface area contributed by atoms with E-state index in [1.165, 1.54) is 18.2 Å². The van der Waals surface area contributed by atoms with E-state index in [9.17, 15) is 17.6 Å². The van der Waals surface area contributed by atoms with Gasteiger partial charge in [0.2, 0.25) is 21.8 Å². The van der Waals surface area contributed by atoms with E-state index in [4.69, 9.17) is 4.52 Å². The molecule has 0 spiro atoms. The van der Waals surface area contributed by atoms with Crippen LogP contribution in [0.5, 0.6) is 0 Å². The van der Waals surface area contributed by atoms with Crippen molar-refractivity contribution in [1.82, 2.24) is 15.5 Å². The summed E-state index contributed by atoms with van der Waals surface area (Å²) in [6, 6.07) is 5.01. The minimum atomic E-state index is -3.76. The van der Waals surface area contributed by atoms with Crippen LogP contribution in [-0.2, 0) is 21.4 Å². The third kappa shape index (κ3) is 5.24. The zero-order chi connectivity index (χ0) is 18.6. The number of anilines is 1. The molecule has 0 fully saturated rings. The van der Waals surface area contributed by atoms with Crippen molar-refractivity contribution < 1.29 is 22.1 Å². The van der Waals surface area contributed by atoms with Crippen LogP contribution < -0.4 is 9.62 Å². The number of benzene rings is 1. The predicted molar refractivity (Wildman–Crippen MR) is 88.8 cm³/mol. The first-order valence-corrected chi connectivity index (χ1v) is 9.34. The van der Waals surface area contributed by atoms with Gasteiger partial charge in [-0.05, 0) is 18.2 Å². The molecule has 10 heteroatoms. The normalized spacial score (nSPS) is 11.6. The highest BCUT2D eigenvalue weighted by atomic mass is 32.2. The summed E-state index contributed by atoms with van der Waals surface area (Å²) in [5.41, 5.74) is 0.0688. The van der Waals surface area contributed by atoms with Crippen LogP contribution in [0.15, 0.2) is 28.8 Å². The van der Waals surface area contributed by atoms with Crippen LogP contribution in [0.4, 0.5) is 10.1 Å². The average molecular weight is 370 g/mol. The lowest BCUT2D eigenvalue weighted by molar-refractivity contribution is -0.119. The number of carbonyl (C=O) groups is 1. The van der Waals surface area contributed by atoms with Gasteiger partial charge >= 0.3 is 0 Å². The fourth-order valence-electron chi connectivity index (χ4n) is 1.97. The Bertz CT molecular complexity index is 851. The van der Waals surface area contributed by atoms with Gasteiger partial charge in [-0.15, -0.1) is 0 Å². The van der Waals surface area contributed by atoms with Crippen LogP contribution >= 0.6 is 0 Å². The molecule has 1 N–H and O–H groups in total. The smallest absolute Gasteiger partial charge is 0.241 e. The van der Waals surface area contributed by atoms with Gasteiger partial charge in [0, 0.05) is 5.92 Å². The van der Waals surface area contributed by atoms with Gasteiger partial charge in [-0.3, -0.25) is 9.10 Å². The molecule has 2 aromatic rings. The molecule has 0 atom stereocenters. The van der Waals surface area contributed by atoms with Gasteiger partial charge in [-0.2, -0.15) is 4.98 Å². The van der Waals surface area contributed by atoms with E-state index < -0.39 is 28.3 Å². The summed E-state index contributed by atoms with van der Waals surface area (Å²) in [5, 5.41) is 6.24. The van der Waals surface area contributed by atoms with Gasteiger partial charge in [-0.1, -0.05) is 25.1 Å². The molecule has 0 aliphatic carbocycles. The minimum Gasteiger partial charge on any atom is -0.347 e. The second kappa shape index (κ2) is 7.60. The first-order valence-electron chi connectivity index (χ1n) is 7.49. The van der Waals surface area contributed by atoms with E-state index in [2.05, 4.69) is 15.5 Å². The maximum absolute atomic E-state index is 13.3. The molecule has 0 saturated carbocycles. The van der Waals surface area contributed by atoms with Crippen molar-refractivity contribution in [3.05, 3.63) is 41.8 Å². The van der Waals surface area contributed by atoms with Crippen molar-refractivity contribution in [2.45, 2.75) is 26.3 Å². The molecule has 1 amide bonds. The van der Waals surface area contributed by atoms with Crippen LogP contribution in [0, 0.1) is 5.82 Å². The van der Waals surface area contributed by atoms with Gasteiger partial charge in [0.25, 0.3) is 0 Å². The first-order chi connectivity index (χ1) is 11.7. The Hall–Kier alpha value is -2.49. The standard InChI is InChI=1S/C15H19FN4O4S/c1-10(2)15-18-13(19-24-15)8-17-14(21)9-20(25(3,22)23)12-6-4-5-11(16)7-12/h4-7,10H,8-9H2,1-3H3,(H,17,21). The van der Waals surface area contributed by atoms with E-state index in [0.29, 0.717) is 5.89 Å². The number of nitrogens with zero attached hydrogens (tertiary/aromatic N) is 3. The summed E-state index contributed by atoms with van der Waals surface area (Å²) in [4.78, 5) is 16.2. The zero-order valence-corrected chi connectivity index (χ0v) is 14.9. The number of hydrogen-bond donors (Lipinski definition) is 1. The molecule has 0 saturated heterocycles. The highest BCUT2D eigenvalue weighted by Gasteiger charge is 2.21. The first kappa shape index (κ1) is 18.8. The number of nitrogens with one attached hydrogen (secondary N) is 1. The lowest BCUT2D eigenvalue weighted by Gasteiger charge is -2.21. The van der Waals surface area contributed by atoms with E-state index in [-0.39, 0.29) is 24.0 Å². The number of rotatable bonds is 7. The number of hydrogen-bond acceptors (Lipinski definition) is 6. The van der Waals surface area contributed by atoms with Crippen molar-refractivity contribution >= 4 is 21.6 Å². The van der Waals surface area contributed by atoms with Gasteiger partial charge in [-0.25, -0.2) is 12.8 Å². The van der Waals surface area contributed by atoms with Gasteiger partial charge < -0.3 is 9.84 Å². The Morgan fingerprint density at radius 2 is 2.12 bits per heavy atom. The Morgan fingerprint density at radius 1 is 1.40 bits per heavy atom. The van der Waals surface area contributed by atoms with E-state index in [1.807, 2.05) is 13.8 Å². The molecule has 0 unspecified atom stereocenters. The summed E-state index contributed by atoms with van der Waals surface area (Å²) in [7, 11) is -3.76. The highest BCUT2D eigenvalue weighted by molar-refractivity contribution is 7.92. The molecule has 2 rings (SSSR count). The summed E-state index contributed by atoms with van der Waals surface area (Å²) >= 11 is 0. The SMILES string of the molecule is CC(C)c1nc(CNC(=O)CN(c2cccc(F)c2)S(C)(=O)=O)no1. The molecule has 25 heavy (non-hydrogen) atoms. The fourth-order valence-corrected chi connectivity index (χ4v) is 2.82. The average Bonchev–Trinajstić information content (AvgIpc) is 2.98. The zero-order valence-electron chi connectivity index (χ0n) is 14.1. The van der Waals surface area contributed by atoms with Crippen LogP contribution in [0.25, 0.3) is 0 Å². The maximum atomic E-state index is 13.3. The second-order valence-corrected chi connectivity index (χ2v) is 7.64. The lowest BCUT2D eigenvalue weighted by Crippen LogP contribution is -2.40. The van der Waals surface area contributed by atoms with Crippen LogP contribution in [0.3, 0.4) is 0 Å². The summed E-state index contributed by atoms with van der Waals surface area (Å²) < 4.78 is 43.0. The van der Waals surface area contributed by atoms with Crippen LogP contribution in [0.1, 0.15) is 31.5 Å². The van der Waals surface area contributed by atoms with Crippen molar-refractivity contribution in [2.75, 3.05) is 17.1 Å². The Balaban J connectivity index is 2.04. The molecular formula is C15H19FN4O4S. The maximum Gasteiger partial charge on any atom is 0.241 e. The van der Waals surface area contributed by atoms with Gasteiger partial charge in [0.05, 0.1) is 18.5 Å². The molecule has 1 aromatic carbocycles. The molecule has 0 aliphatic heterocycles. The Kier molecular flexibility index (Phi) is 5.73. The number of carbonyl (C=O) groups excluding carboxylic acids is 1. The highest BCUT2D eigenvalue weighted by Crippen LogP contribution is 2.18. The summed E-state index contributed by atoms with van der Waals surface area (Å²) in [5.74, 6) is -0.383. The predicted octanol–water partition coefficient (Wildman–Crippen LogP) is 1.41. The Morgan fingerprint density at radius 3 is 2.68 bits per heavy atom. The number of aromatic nitrogens is 2. The summed E-state index contributed by atoms with van der Waals surface area (Å²) in [6.07, 6.45) is 0.944. The van der Waals surface area contributed by atoms with E-state index in [1.54, 1.807) is 0 Å². The monoisotopic (exact) mass is 370 g/mol. The molecule has 0 aliphatic rings. The van der Waals surface area contributed by atoms with Crippen LogP contribution in [-0.4, -0.2) is 37.3 Å². The molecule has 1 heterocycles. The molecule has 1 aromatic heterocycles. The van der Waals surface area contributed by atoms with E-state index >= 15 is 0 Å². The third-order valence-electron chi connectivity index (χ3n) is 3.21. The lowest BCUT2D eigenvalue weighted by atomic mass is 10.2. The molecule has 0 bridgehead atoms.